The highest BCUT2D eigenvalue weighted by molar-refractivity contribution is 5.80. The van der Waals surface area contributed by atoms with Crippen LogP contribution in [0.5, 0.6) is 0 Å². The molecule has 116 valence electrons. The first-order valence-electron chi connectivity index (χ1n) is 7.61. The Morgan fingerprint density at radius 3 is 2.81 bits per heavy atom. The zero-order valence-electron chi connectivity index (χ0n) is 12.6. The van der Waals surface area contributed by atoms with Crippen molar-refractivity contribution in [1.29, 1.82) is 0 Å². The fraction of sp³-hybridized carbons (Fsp3) is 0.562. The second-order valence-electron chi connectivity index (χ2n) is 5.44. The largest absolute Gasteiger partial charge is 0.409 e. The maximum atomic E-state index is 8.89. The minimum absolute atomic E-state index is 0.108. The maximum Gasteiger partial charge on any atom is 0.141 e. The molecule has 1 aromatic carbocycles. The Morgan fingerprint density at radius 2 is 2.24 bits per heavy atom. The average Bonchev–Trinajstić information content (AvgIpc) is 3.04. The van der Waals surface area contributed by atoms with Crippen LogP contribution >= 0.6 is 0 Å². The minimum atomic E-state index is 0.108. The molecule has 0 spiro atoms. The third kappa shape index (κ3) is 4.44. The number of nitrogens with zero attached hydrogens (tertiary/aromatic N) is 2. The molecular weight excluding hydrogens is 266 g/mol. The fourth-order valence-electron chi connectivity index (χ4n) is 2.90. The average molecular weight is 291 g/mol. The Morgan fingerprint density at radius 1 is 1.48 bits per heavy atom. The van der Waals surface area contributed by atoms with Crippen molar-refractivity contribution in [3.63, 3.8) is 0 Å². The van der Waals surface area contributed by atoms with Gasteiger partial charge in [-0.15, -0.1) is 0 Å². The van der Waals surface area contributed by atoms with E-state index in [-0.39, 0.29) is 11.9 Å². The molecule has 21 heavy (non-hydrogen) atoms. The van der Waals surface area contributed by atoms with Gasteiger partial charge in [0, 0.05) is 25.6 Å². The van der Waals surface area contributed by atoms with E-state index in [1.807, 2.05) is 18.2 Å². The standard InChI is InChI=1S/C16H25N3O2/c1-2-19(12-14-9-6-10-21-14)15(11-16(17)18-20)13-7-4-3-5-8-13/h3-5,7-8,14-15,20H,2,6,9-12H2,1H3,(H2,17,18). The molecule has 0 bridgehead atoms. The molecule has 0 amide bonds. The number of nitrogens with two attached hydrogens (primary N) is 1. The van der Waals surface area contributed by atoms with Crippen molar-refractivity contribution >= 4 is 5.84 Å². The number of hydrogen-bond acceptors (Lipinski definition) is 4. The van der Waals surface area contributed by atoms with Gasteiger partial charge in [-0.05, 0) is 24.9 Å². The normalized spacial score (nSPS) is 20.9. The molecule has 0 aromatic heterocycles. The van der Waals surface area contributed by atoms with Crippen LogP contribution in [0, 0.1) is 0 Å². The highest BCUT2D eigenvalue weighted by Crippen LogP contribution is 2.26. The number of rotatable bonds is 7. The van der Waals surface area contributed by atoms with Gasteiger partial charge in [-0.2, -0.15) is 0 Å². The van der Waals surface area contributed by atoms with Gasteiger partial charge >= 0.3 is 0 Å². The van der Waals surface area contributed by atoms with Crippen molar-refractivity contribution in [3.8, 4) is 0 Å². The van der Waals surface area contributed by atoms with E-state index in [2.05, 4.69) is 29.1 Å². The summed E-state index contributed by atoms with van der Waals surface area (Å²) in [6, 6.07) is 10.3. The Balaban J connectivity index is 2.15. The van der Waals surface area contributed by atoms with Gasteiger partial charge in [0.2, 0.25) is 0 Å². The van der Waals surface area contributed by atoms with E-state index in [0.29, 0.717) is 12.5 Å². The lowest BCUT2D eigenvalue weighted by molar-refractivity contribution is 0.0597. The quantitative estimate of drug-likeness (QED) is 0.350. The van der Waals surface area contributed by atoms with Crippen LogP contribution in [0.3, 0.4) is 0 Å². The molecule has 2 unspecified atom stereocenters. The lowest BCUT2D eigenvalue weighted by Crippen LogP contribution is -2.37. The van der Waals surface area contributed by atoms with Crippen molar-refractivity contribution in [1.82, 2.24) is 4.90 Å². The molecule has 0 aliphatic carbocycles. The third-order valence-corrected chi connectivity index (χ3v) is 4.02. The SMILES string of the molecule is CCN(CC1CCCO1)C(CC(N)=NO)c1ccccc1. The number of benzene rings is 1. The zero-order valence-corrected chi connectivity index (χ0v) is 12.6. The van der Waals surface area contributed by atoms with Crippen molar-refractivity contribution in [2.45, 2.75) is 38.3 Å². The first-order valence-corrected chi connectivity index (χ1v) is 7.61. The molecule has 1 aliphatic heterocycles. The highest BCUT2D eigenvalue weighted by atomic mass is 16.5. The van der Waals surface area contributed by atoms with Gasteiger partial charge in [-0.3, -0.25) is 4.90 Å². The highest BCUT2D eigenvalue weighted by Gasteiger charge is 2.25. The van der Waals surface area contributed by atoms with Crippen molar-refractivity contribution in [2.24, 2.45) is 10.9 Å². The summed E-state index contributed by atoms with van der Waals surface area (Å²) in [6.45, 7) is 4.78. The lowest BCUT2D eigenvalue weighted by atomic mass is 10.0. The van der Waals surface area contributed by atoms with Gasteiger partial charge in [-0.25, -0.2) is 0 Å². The predicted molar refractivity (Wildman–Crippen MR) is 83.4 cm³/mol. The van der Waals surface area contributed by atoms with Crippen LogP contribution in [0.15, 0.2) is 35.5 Å². The van der Waals surface area contributed by atoms with Gasteiger partial charge in [0.1, 0.15) is 5.84 Å². The van der Waals surface area contributed by atoms with Gasteiger partial charge in [0.25, 0.3) is 0 Å². The van der Waals surface area contributed by atoms with Crippen LogP contribution in [0.4, 0.5) is 0 Å². The molecule has 5 heteroatoms. The summed E-state index contributed by atoms with van der Waals surface area (Å²) in [6.07, 6.45) is 3.06. The molecule has 3 N–H and O–H groups in total. The first kappa shape index (κ1) is 15.8. The molecular formula is C16H25N3O2. The predicted octanol–water partition coefficient (Wildman–Crippen LogP) is 2.37. The molecule has 1 aromatic rings. The summed E-state index contributed by atoms with van der Waals surface area (Å²) in [5.74, 6) is 0.259. The van der Waals surface area contributed by atoms with E-state index in [1.165, 1.54) is 5.56 Å². The third-order valence-electron chi connectivity index (χ3n) is 4.02. The van der Waals surface area contributed by atoms with Crippen molar-refractivity contribution in [3.05, 3.63) is 35.9 Å². The molecule has 0 radical (unpaired) electrons. The maximum absolute atomic E-state index is 8.89. The van der Waals surface area contributed by atoms with E-state index >= 15 is 0 Å². The van der Waals surface area contributed by atoms with E-state index in [0.717, 1.165) is 32.5 Å². The summed E-state index contributed by atoms with van der Waals surface area (Å²) in [4.78, 5) is 2.35. The number of amidine groups is 1. The summed E-state index contributed by atoms with van der Waals surface area (Å²) >= 11 is 0. The van der Waals surface area contributed by atoms with Crippen molar-refractivity contribution in [2.75, 3.05) is 19.7 Å². The molecule has 5 nitrogen and oxygen atoms in total. The molecule has 1 fully saturated rings. The minimum Gasteiger partial charge on any atom is -0.409 e. The van der Waals surface area contributed by atoms with Gasteiger partial charge < -0.3 is 15.7 Å². The smallest absolute Gasteiger partial charge is 0.141 e. The van der Waals surface area contributed by atoms with Crippen LogP contribution in [0.2, 0.25) is 0 Å². The monoisotopic (exact) mass is 291 g/mol. The fourth-order valence-corrected chi connectivity index (χ4v) is 2.90. The Hall–Kier alpha value is -1.59. The number of oxime groups is 1. The van der Waals surface area contributed by atoms with Gasteiger partial charge in [-0.1, -0.05) is 42.4 Å². The Labute approximate surface area is 126 Å². The molecule has 1 aliphatic rings. The second-order valence-corrected chi connectivity index (χ2v) is 5.44. The van der Waals surface area contributed by atoms with Crippen molar-refractivity contribution < 1.29 is 9.94 Å². The van der Waals surface area contributed by atoms with E-state index in [1.54, 1.807) is 0 Å². The number of ether oxygens (including phenoxy) is 1. The first-order chi connectivity index (χ1) is 10.2. The second kappa shape index (κ2) is 8.00. The van der Waals surface area contributed by atoms with Crippen LogP contribution in [-0.4, -0.2) is 41.7 Å². The molecule has 2 rings (SSSR count). The molecule has 1 heterocycles. The summed E-state index contributed by atoms with van der Waals surface area (Å²) in [5.41, 5.74) is 6.94. The van der Waals surface area contributed by atoms with E-state index in [9.17, 15) is 0 Å². The molecule has 0 saturated carbocycles. The number of hydrogen-bond donors (Lipinski definition) is 2. The lowest BCUT2D eigenvalue weighted by Gasteiger charge is -2.32. The van der Waals surface area contributed by atoms with E-state index < -0.39 is 0 Å². The Kier molecular flexibility index (Phi) is 6.02. The zero-order chi connectivity index (χ0) is 15.1. The molecule has 2 atom stereocenters. The summed E-state index contributed by atoms with van der Waals surface area (Å²) in [7, 11) is 0. The van der Waals surface area contributed by atoms with Crippen LogP contribution in [0.1, 0.15) is 37.8 Å². The summed E-state index contributed by atoms with van der Waals surface area (Å²) < 4.78 is 5.75. The topological polar surface area (TPSA) is 71.1 Å². The van der Waals surface area contributed by atoms with Crippen LogP contribution in [-0.2, 0) is 4.74 Å². The van der Waals surface area contributed by atoms with Crippen LogP contribution < -0.4 is 5.73 Å². The van der Waals surface area contributed by atoms with Crippen LogP contribution in [0.25, 0.3) is 0 Å². The van der Waals surface area contributed by atoms with Gasteiger partial charge in [0.05, 0.1) is 6.10 Å². The summed E-state index contributed by atoms with van der Waals surface area (Å²) in [5, 5.41) is 12.0. The van der Waals surface area contributed by atoms with Gasteiger partial charge in [0.15, 0.2) is 0 Å². The van der Waals surface area contributed by atoms with E-state index in [4.69, 9.17) is 15.7 Å². The Bertz CT molecular complexity index is 444. The number of likely N-dealkylation sites (N-methyl/N-ethyl adjacent to an activating group) is 1. The molecule has 1 saturated heterocycles.